The Morgan fingerprint density at radius 3 is 2.86 bits per heavy atom. The predicted octanol–water partition coefficient (Wildman–Crippen LogP) is 1.88. The van der Waals surface area contributed by atoms with Crippen LogP contribution in [-0.4, -0.2) is 9.97 Å². The molecule has 5 heteroatoms. The summed E-state index contributed by atoms with van der Waals surface area (Å²) in [5.74, 6) is 0. The van der Waals surface area contributed by atoms with Crippen molar-refractivity contribution in [1.82, 2.24) is 9.97 Å². The summed E-state index contributed by atoms with van der Waals surface area (Å²) < 4.78 is 5.75. The number of halogens is 1. The fourth-order valence-corrected chi connectivity index (χ4v) is 1.49. The van der Waals surface area contributed by atoms with Gasteiger partial charge >= 0.3 is 0 Å². The maximum atomic E-state index is 5.95. The third-order valence-corrected chi connectivity index (χ3v) is 2.26. The molecule has 0 bridgehead atoms. The highest BCUT2D eigenvalue weighted by atomic mass is 79.9. The highest BCUT2D eigenvalue weighted by molar-refractivity contribution is 9.10. The Morgan fingerprint density at radius 2 is 2.29 bits per heavy atom. The second-order valence-electron chi connectivity index (χ2n) is 2.79. The lowest BCUT2D eigenvalue weighted by Gasteiger charge is -2.06. The first-order valence-corrected chi connectivity index (χ1v) is 4.82. The van der Waals surface area contributed by atoms with Crippen LogP contribution in [0.1, 0.15) is 17.3 Å². The van der Waals surface area contributed by atoms with Crippen LogP contribution in [0.15, 0.2) is 40.0 Å². The molecule has 2 aromatic rings. The van der Waals surface area contributed by atoms with Crippen LogP contribution in [0.4, 0.5) is 0 Å². The zero-order chi connectivity index (χ0) is 9.97. The summed E-state index contributed by atoms with van der Waals surface area (Å²) in [6.45, 7) is 0. The maximum absolute atomic E-state index is 5.95. The zero-order valence-electron chi connectivity index (χ0n) is 7.22. The van der Waals surface area contributed by atoms with Gasteiger partial charge in [-0.3, -0.25) is 9.97 Å². The molecule has 0 aliphatic rings. The van der Waals surface area contributed by atoms with E-state index in [4.69, 9.17) is 10.2 Å². The quantitative estimate of drug-likeness (QED) is 0.888. The lowest BCUT2D eigenvalue weighted by Crippen LogP contribution is -2.12. The van der Waals surface area contributed by atoms with Crippen LogP contribution in [0.5, 0.6) is 0 Å². The Hall–Kier alpha value is -1.20. The topological polar surface area (TPSA) is 64.9 Å². The van der Waals surface area contributed by atoms with E-state index in [0.29, 0.717) is 4.67 Å². The molecule has 0 saturated carbocycles. The van der Waals surface area contributed by atoms with Gasteiger partial charge in [-0.25, -0.2) is 0 Å². The number of nitrogens with two attached hydrogens (primary N) is 1. The van der Waals surface area contributed by atoms with Crippen molar-refractivity contribution in [2.75, 3.05) is 0 Å². The lowest BCUT2D eigenvalue weighted by atomic mass is 10.1. The van der Waals surface area contributed by atoms with Crippen molar-refractivity contribution in [3.63, 3.8) is 0 Å². The molecule has 2 aromatic heterocycles. The molecular formula is C9H8BrN3O. The van der Waals surface area contributed by atoms with Gasteiger partial charge in [0.15, 0.2) is 4.67 Å². The Labute approximate surface area is 89.3 Å². The van der Waals surface area contributed by atoms with Gasteiger partial charge in [-0.1, -0.05) is 0 Å². The van der Waals surface area contributed by atoms with Gasteiger partial charge in [0.1, 0.15) is 0 Å². The van der Waals surface area contributed by atoms with Gasteiger partial charge in [0.05, 0.1) is 24.2 Å². The summed E-state index contributed by atoms with van der Waals surface area (Å²) in [5, 5.41) is 0. The number of hydrogen-bond donors (Lipinski definition) is 1. The van der Waals surface area contributed by atoms with Crippen molar-refractivity contribution in [1.29, 1.82) is 0 Å². The molecule has 0 aliphatic heterocycles. The van der Waals surface area contributed by atoms with E-state index in [1.165, 1.54) is 0 Å². The van der Waals surface area contributed by atoms with Gasteiger partial charge in [-0.2, -0.15) is 0 Å². The van der Waals surface area contributed by atoms with Crippen LogP contribution in [0.3, 0.4) is 0 Å². The smallest absolute Gasteiger partial charge is 0.169 e. The van der Waals surface area contributed by atoms with Crippen molar-refractivity contribution < 1.29 is 4.42 Å². The van der Waals surface area contributed by atoms with Crippen molar-refractivity contribution >= 4 is 15.9 Å². The lowest BCUT2D eigenvalue weighted by molar-refractivity contribution is 0.536. The molecule has 0 fully saturated rings. The molecule has 72 valence electrons. The molecule has 2 N–H and O–H groups in total. The summed E-state index contributed by atoms with van der Waals surface area (Å²) in [6, 6.07) is 1.53. The van der Waals surface area contributed by atoms with Gasteiger partial charge in [0.2, 0.25) is 0 Å². The van der Waals surface area contributed by atoms with Gasteiger partial charge < -0.3 is 10.2 Å². The third kappa shape index (κ3) is 1.83. The van der Waals surface area contributed by atoms with E-state index in [1.807, 2.05) is 6.07 Å². The molecule has 2 rings (SSSR count). The van der Waals surface area contributed by atoms with Gasteiger partial charge in [0.25, 0.3) is 0 Å². The largest absolute Gasteiger partial charge is 0.457 e. The molecule has 2 heterocycles. The molecule has 0 aromatic carbocycles. The van der Waals surface area contributed by atoms with Crippen molar-refractivity contribution in [3.05, 3.63) is 46.8 Å². The standard InChI is InChI=1S/C9H8BrN3O/c10-8-3-6(5-14-8)9(11)7-4-12-1-2-13-7/h1-5,9H,11H2. The van der Waals surface area contributed by atoms with Crippen molar-refractivity contribution in [2.45, 2.75) is 6.04 Å². The fraction of sp³-hybridized carbons (Fsp3) is 0.111. The van der Waals surface area contributed by atoms with Crippen LogP contribution < -0.4 is 5.73 Å². The number of aromatic nitrogens is 2. The highest BCUT2D eigenvalue weighted by Crippen LogP contribution is 2.22. The third-order valence-electron chi connectivity index (χ3n) is 1.85. The molecular weight excluding hydrogens is 246 g/mol. The van der Waals surface area contributed by atoms with Crippen LogP contribution in [0, 0.1) is 0 Å². The van der Waals surface area contributed by atoms with E-state index >= 15 is 0 Å². The Kier molecular flexibility index (Phi) is 2.60. The molecule has 0 saturated heterocycles. The molecule has 0 radical (unpaired) electrons. The molecule has 1 atom stereocenters. The van der Waals surface area contributed by atoms with E-state index in [-0.39, 0.29) is 6.04 Å². The van der Waals surface area contributed by atoms with Crippen LogP contribution >= 0.6 is 15.9 Å². The number of hydrogen-bond acceptors (Lipinski definition) is 4. The fourth-order valence-electron chi connectivity index (χ4n) is 1.13. The molecule has 1 unspecified atom stereocenters. The van der Waals surface area contributed by atoms with Gasteiger partial charge in [-0.15, -0.1) is 0 Å². The monoisotopic (exact) mass is 253 g/mol. The minimum atomic E-state index is -0.293. The molecule has 0 spiro atoms. The predicted molar refractivity (Wildman–Crippen MR) is 54.5 cm³/mol. The zero-order valence-corrected chi connectivity index (χ0v) is 8.81. The maximum Gasteiger partial charge on any atom is 0.169 e. The Bertz CT molecular complexity index is 415. The van der Waals surface area contributed by atoms with Gasteiger partial charge in [0, 0.05) is 18.0 Å². The summed E-state index contributed by atoms with van der Waals surface area (Å²) in [6.07, 6.45) is 6.47. The number of rotatable bonds is 2. The Morgan fingerprint density at radius 1 is 1.43 bits per heavy atom. The van der Waals surface area contributed by atoms with Crippen LogP contribution in [0.2, 0.25) is 0 Å². The van der Waals surface area contributed by atoms with E-state index in [1.54, 1.807) is 24.9 Å². The van der Waals surface area contributed by atoms with Crippen molar-refractivity contribution in [2.24, 2.45) is 5.73 Å². The summed E-state index contributed by atoms with van der Waals surface area (Å²) >= 11 is 3.21. The SMILES string of the molecule is NC(c1coc(Br)c1)c1cnccn1. The van der Waals surface area contributed by atoms with E-state index in [2.05, 4.69) is 25.9 Å². The minimum absolute atomic E-state index is 0.293. The van der Waals surface area contributed by atoms with E-state index in [0.717, 1.165) is 11.3 Å². The molecule has 4 nitrogen and oxygen atoms in total. The number of nitrogens with zero attached hydrogens (tertiary/aromatic N) is 2. The number of furan rings is 1. The average molecular weight is 254 g/mol. The summed E-state index contributed by atoms with van der Waals surface area (Å²) in [4.78, 5) is 8.07. The first kappa shape index (κ1) is 9.36. The molecule has 0 amide bonds. The van der Waals surface area contributed by atoms with Crippen LogP contribution in [0.25, 0.3) is 0 Å². The normalized spacial score (nSPS) is 12.7. The second-order valence-corrected chi connectivity index (χ2v) is 3.57. The molecule has 14 heavy (non-hydrogen) atoms. The Balaban J connectivity index is 2.29. The first-order valence-electron chi connectivity index (χ1n) is 4.03. The van der Waals surface area contributed by atoms with E-state index in [9.17, 15) is 0 Å². The highest BCUT2D eigenvalue weighted by Gasteiger charge is 2.12. The van der Waals surface area contributed by atoms with Gasteiger partial charge in [-0.05, 0) is 22.0 Å². The minimum Gasteiger partial charge on any atom is -0.457 e. The van der Waals surface area contributed by atoms with E-state index < -0.39 is 0 Å². The average Bonchev–Trinajstić information content (AvgIpc) is 2.65. The summed E-state index contributed by atoms with van der Waals surface area (Å²) in [7, 11) is 0. The second kappa shape index (κ2) is 3.89. The first-order chi connectivity index (χ1) is 6.77. The molecule has 0 aliphatic carbocycles. The van der Waals surface area contributed by atoms with Crippen LogP contribution in [-0.2, 0) is 0 Å². The summed E-state index contributed by atoms with van der Waals surface area (Å²) in [5.41, 5.74) is 7.54. The van der Waals surface area contributed by atoms with Crippen molar-refractivity contribution in [3.8, 4) is 0 Å².